The minimum Gasteiger partial charge on any atom is -1.00 e. The van der Waals surface area contributed by atoms with Gasteiger partial charge < -0.3 is 24.8 Å². The van der Waals surface area contributed by atoms with Gasteiger partial charge in [0.1, 0.15) is 0 Å². The second-order valence-electron chi connectivity index (χ2n) is 10.4. The molecule has 0 atom stereocenters. The number of hydrogen-bond acceptors (Lipinski definition) is 0. The zero-order chi connectivity index (χ0) is 25.5. The molecule has 0 saturated heterocycles. The van der Waals surface area contributed by atoms with Crippen molar-refractivity contribution < 1.29 is 49.0 Å². The van der Waals surface area contributed by atoms with Gasteiger partial charge in [0.2, 0.25) is 0 Å². The maximum atomic E-state index is 2.99. The summed E-state index contributed by atoms with van der Waals surface area (Å²) in [6.45, 7) is 9.18. The molecule has 0 bridgehead atoms. The van der Waals surface area contributed by atoms with E-state index >= 15 is 0 Å². The number of rotatable bonds is 4. The number of benzene rings is 4. The van der Waals surface area contributed by atoms with E-state index in [0.29, 0.717) is 0 Å². The van der Waals surface area contributed by atoms with Crippen LogP contribution >= 0.6 is 0 Å². The van der Waals surface area contributed by atoms with Crippen molar-refractivity contribution in [3.63, 3.8) is 0 Å². The Balaban J connectivity index is 0.000000253. The first-order valence-electron chi connectivity index (χ1n) is 13.1. The zero-order valence-corrected chi connectivity index (χ0v) is 26.7. The van der Waals surface area contributed by atoms with Crippen molar-refractivity contribution in [2.24, 2.45) is 11.8 Å². The van der Waals surface area contributed by atoms with Crippen molar-refractivity contribution in [1.29, 1.82) is 0 Å². The Morgan fingerprint density at radius 2 is 1.24 bits per heavy atom. The first-order valence-corrected chi connectivity index (χ1v) is 14.3. The van der Waals surface area contributed by atoms with Crippen LogP contribution in [0.4, 0.5) is 0 Å². The topological polar surface area (TPSA) is 0 Å². The van der Waals surface area contributed by atoms with Crippen LogP contribution in [-0.4, -0.2) is 3.21 Å². The van der Waals surface area contributed by atoms with Gasteiger partial charge in [-0.05, 0) is 10.8 Å². The molecule has 0 radical (unpaired) electrons. The van der Waals surface area contributed by atoms with E-state index in [1.807, 2.05) is 12.2 Å². The molecule has 1 aliphatic carbocycles. The van der Waals surface area contributed by atoms with Crippen LogP contribution in [0, 0.1) is 17.9 Å². The molecule has 6 rings (SSSR count). The molecule has 1 aliphatic rings. The molecule has 38 heavy (non-hydrogen) atoms. The molecule has 0 unspecified atom stereocenters. The Bertz CT molecular complexity index is 1510. The minimum absolute atomic E-state index is 0. The largest absolute Gasteiger partial charge is 1.00 e. The van der Waals surface area contributed by atoms with Crippen LogP contribution in [0.3, 0.4) is 0 Å². The Kier molecular flexibility index (Phi) is 13.3. The predicted octanol–water partition coefficient (Wildman–Crippen LogP) is 4.13. The molecule has 5 aromatic carbocycles. The van der Waals surface area contributed by atoms with Gasteiger partial charge in [-0.25, -0.2) is 12.2 Å². The molecular weight excluding hydrogens is 583 g/mol. The van der Waals surface area contributed by atoms with Gasteiger partial charge in [-0.1, -0.05) is 77.5 Å². The summed E-state index contributed by atoms with van der Waals surface area (Å²) in [6, 6.07) is 28.5. The summed E-state index contributed by atoms with van der Waals surface area (Å²) in [5.41, 5.74) is 0. The quantitative estimate of drug-likeness (QED) is 0.210. The second kappa shape index (κ2) is 15.6. The third kappa shape index (κ3) is 8.05. The van der Waals surface area contributed by atoms with Gasteiger partial charge in [-0.15, -0.1) is 40.1 Å². The van der Waals surface area contributed by atoms with E-state index in [9.17, 15) is 0 Å². The molecule has 5 aromatic rings. The number of fused-ring (bicyclic) bond motifs is 8. The van der Waals surface area contributed by atoms with Crippen LogP contribution in [0.1, 0.15) is 47.0 Å². The van der Waals surface area contributed by atoms with Crippen LogP contribution in [0.5, 0.6) is 0 Å². The van der Waals surface area contributed by atoms with Crippen molar-refractivity contribution in [1.82, 2.24) is 0 Å². The van der Waals surface area contributed by atoms with E-state index in [1.165, 1.54) is 55.9 Å². The van der Waals surface area contributed by atoms with E-state index in [-0.39, 0.29) is 24.8 Å². The van der Waals surface area contributed by atoms with Gasteiger partial charge in [-0.2, -0.15) is 6.08 Å². The van der Waals surface area contributed by atoms with Crippen molar-refractivity contribution >= 4 is 46.3 Å². The van der Waals surface area contributed by atoms with E-state index in [1.54, 1.807) is 27.4 Å². The SMILES string of the molecule is CC(C)C[C](=[Zr+2])CC(C)C.[C-]1=CC=CC1.[Cl-].[Cl-].c1ccc2c(c1)[cH-]c1c3ccccc3c3ccccc3c21. The molecule has 0 heterocycles. The second-order valence-corrected chi connectivity index (χ2v) is 12.2. The first-order chi connectivity index (χ1) is 17.5. The third-order valence-corrected chi connectivity index (χ3v) is 7.40. The van der Waals surface area contributed by atoms with Crippen LogP contribution in [0.25, 0.3) is 43.1 Å². The summed E-state index contributed by atoms with van der Waals surface area (Å²) < 4.78 is 1.75. The third-order valence-electron chi connectivity index (χ3n) is 6.40. The Labute approximate surface area is 255 Å². The fraction of sp³-hybridized carbons (Fsp3) is 0.257. The molecule has 3 heteroatoms. The molecule has 0 aromatic heterocycles. The maximum absolute atomic E-state index is 2.99. The zero-order valence-electron chi connectivity index (χ0n) is 22.8. The van der Waals surface area contributed by atoms with Crippen molar-refractivity contribution in [3.8, 4) is 0 Å². The summed E-state index contributed by atoms with van der Waals surface area (Å²) in [6.07, 6.45) is 12.7. The normalized spacial score (nSPS) is 11.8. The van der Waals surface area contributed by atoms with E-state index in [2.05, 4.69) is 119 Å². The molecule has 196 valence electrons. The Morgan fingerprint density at radius 1 is 0.737 bits per heavy atom. The summed E-state index contributed by atoms with van der Waals surface area (Å²) in [7, 11) is 0. The van der Waals surface area contributed by atoms with Gasteiger partial charge in [0.15, 0.2) is 0 Å². The minimum atomic E-state index is 0. The van der Waals surface area contributed by atoms with Crippen molar-refractivity contribution in [3.05, 3.63) is 103 Å². The standard InChI is InChI=1S/C21H13.C9H18.C5H5.2ClH.Zr/c1-2-8-15-14(7-1)13-20-18-11-4-3-9-16(18)17-10-5-6-12-19(17)21(15)20;1-8(2)6-5-7-9(3)4;1-2-4-5-3-1;;;/h1-13H;8-9H,6-7H2,1-4H3;1-3H,4H2;2*1H;/q-1;;-1;;;+2/p-2. The van der Waals surface area contributed by atoms with Crippen molar-refractivity contribution in [2.75, 3.05) is 0 Å². The Hall–Kier alpha value is -1.92. The molecule has 0 fully saturated rings. The van der Waals surface area contributed by atoms with Crippen LogP contribution in [-0.2, 0) is 24.2 Å². The molecular formula is C35H36Cl2Zr-2. The van der Waals surface area contributed by atoms with Gasteiger partial charge in [0.05, 0.1) is 0 Å². The summed E-state index contributed by atoms with van der Waals surface area (Å²) >= 11 is 1.65. The fourth-order valence-corrected chi connectivity index (χ4v) is 7.03. The number of hydrogen-bond donors (Lipinski definition) is 0. The van der Waals surface area contributed by atoms with Crippen LogP contribution in [0.15, 0.2) is 97.1 Å². The van der Waals surface area contributed by atoms with Crippen LogP contribution in [0.2, 0.25) is 0 Å². The number of allylic oxidation sites excluding steroid dienone is 4. The smallest absolute Gasteiger partial charge is 0.0255 e. The van der Waals surface area contributed by atoms with Gasteiger partial charge in [0, 0.05) is 0 Å². The van der Waals surface area contributed by atoms with Crippen molar-refractivity contribution in [2.45, 2.75) is 47.0 Å². The number of halogens is 2. The molecule has 0 amide bonds. The molecule has 0 aliphatic heterocycles. The van der Waals surface area contributed by atoms with E-state index in [4.69, 9.17) is 0 Å². The van der Waals surface area contributed by atoms with E-state index < -0.39 is 0 Å². The van der Waals surface area contributed by atoms with Gasteiger partial charge in [-0.3, -0.25) is 6.08 Å². The fourth-order valence-electron chi connectivity index (χ4n) is 5.02. The van der Waals surface area contributed by atoms with Gasteiger partial charge in [0.25, 0.3) is 0 Å². The summed E-state index contributed by atoms with van der Waals surface area (Å²) in [4.78, 5) is 0. The molecule has 0 N–H and O–H groups in total. The van der Waals surface area contributed by atoms with Crippen LogP contribution < -0.4 is 24.8 Å². The maximum Gasteiger partial charge on any atom is -0.0255 e. The summed E-state index contributed by atoms with van der Waals surface area (Å²) in [5, 5.41) is 10.8. The summed E-state index contributed by atoms with van der Waals surface area (Å²) in [5.74, 6) is 1.71. The average Bonchev–Trinajstić information content (AvgIpc) is 3.56. The molecule has 0 nitrogen and oxygen atoms in total. The average molecular weight is 619 g/mol. The molecule has 0 saturated carbocycles. The van der Waals surface area contributed by atoms with E-state index in [0.717, 1.165) is 18.3 Å². The molecule has 0 spiro atoms. The Morgan fingerprint density at radius 3 is 1.74 bits per heavy atom. The predicted molar refractivity (Wildman–Crippen MR) is 158 cm³/mol. The van der Waals surface area contributed by atoms with Gasteiger partial charge >= 0.3 is 79.8 Å². The first kappa shape index (κ1) is 32.3. The monoisotopic (exact) mass is 616 g/mol.